The van der Waals surface area contributed by atoms with Gasteiger partial charge in [0.1, 0.15) is 5.52 Å². The second-order valence-electron chi connectivity index (χ2n) is 3.66. The first-order chi connectivity index (χ1) is 7.16. The zero-order valence-electron chi connectivity index (χ0n) is 7.56. The molecule has 1 aliphatic rings. The van der Waals surface area contributed by atoms with Gasteiger partial charge in [-0.05, 0) is 34.8 Å². The van der Waals surface area contributed by atoms with Gasteiger partial charge in [0.15, 0.2) is 11.5 Å². The Morgan fingerprint density at radius 1 is 1.33 bits per heavy atom. The summed E-state index contributed by atoms with van der Waals surface area (Å²) in [4.78, 5) is 4.39. The average molecular weight is 307 g/mol. The van der Waals surface area contributed by atoms with Gasteiger partial charge in [-0.1, -0.05) is 23.2 Å². The quantitative estimate of drug-likeness (QED) is 0.709. The first-order valence-electron chi connectivity index (χ1n) is 4.60. The molecule has 0 radical (unpaired) electrons. The predicted molar refractivity (Wildman–Crippen MR) is 63.7 cm³/mol. The minimum Gasteiger partial charge on any atom is -0.439 e. The van der Waals surface area contributed by atoms with Gasteiger partial charge in [0, 0.05) is 5.92 Å². The third-order valence-corrected chi connectivity index (χ3v) is 4.06. The van der Waals surface area contributed by atoms with Crippen molar-refractivity contribution in [2.24, 2.45) is 0 Å². The smallest absolute Gasteiger partial charge is 0.198 e. The minimum absolute atomic E-state index is 0.471. The fourth-order valence-corrected chi connectivity index (χ4v) is 2.37. The summed E-state index contributed by atoms with van der Waals surface area (Å²) in [7, 11) is 0. The summed E-state index contributed by atoms with van der Waals surface area (Å²) in [6.45, 7) is 0. The zero-order chi connectivity index (χ0) is 10.6. The molecule has 0 saturated heterocycles. The molecule has 78 valence electrons. The van der Waals surface area contributed by atoms with E-state index >= 15 is 0 Å². The molecule has 2 nitrogen and oxygen atoms in total. The summed E-state index contributed by atoms with van der Waals surface area (Å²) in [6.07, 6.45) is 2.30. The second-order valence-corrected chi connectivity index (χ2v) is 5.27. The number of halogens is 3. The van der Waals surface area contributed by atoms with Crippen LogP contribution in [-0.2, 0) is 0 Å². The summed E-state index contributed by atoms with van der Waals surface area (Å²) < 4.78 is 6.38. The Hall–Kier alpha value is -0.250. The van der Waals surface area contributed by atoms with Gasteiger partial charge in [-0.2, -0.15) is 0 Å². The van der Waals surface area contributed by atoms with E-state index in [0.29, 0.717) is 27.1 Å². The molecule has 1 aromatic carbocycles. The van der Waals surface area contributed by atoms with Crippen molar-refractivity contribution in [3.8, 4) is 0 Å². The van der Waals surface area contributed by atoms with Gasteiger partial charge >= 0.3 is 0 Å². The normalized spacial score (nSPS) is 16.2. The van der Waals surface area contributed by atoms with Gasteiger partial charge in [0.2, 0.25) is 0 Å². The summed E-state index contributed by atoms with van der Waals surface area (Å²) >= 11 is 15.4. The summed E-state index contributed by atoms with van der Waals surface area (Å²) in [5.41, 5.74) is 1.34. The standard InChI is InChI=1S/C10H6BrCl2NO/c11-7-5(12)3-6(13)8-9(7)15-10(14-8)4-1-2-4/h3-4H,1-2H2. The molecule has 1 fully saturated rings. The van der Waals surface area contributed by atoms with Gasteiger partial charge in [-0.15, -0.1) is 0 Å². The fraction of sp³-hybridized carbons (Fsp3) is 0.300. The van der Waals surface area contributed by atoms with Crippen LogP contribution in [0.5, 0.6) is 0 Å². The van der Waals surface area contributed by atoms with Crippen LogP contribution in [0, 0.1) is 0 Å². The van der Waals surface area contributed by atoms with E-state index in [1.807, 2.05) is 0 Å². The van der Waals surface area contributed by atoms with Crippen molar-refractivity contribution in [1.29, 1.82) is 0 Å². The highest BCUT2D eigenvalue weighted by Gasteiger charge is 2.30. The molecule has 0 spiro atoms. The molecule has 0 unspecified atom stereocenters. The molecule has 0 aliphatic heterocycles. The maximum atomic E-state index is 6.04. The van der Waals surface area contributed by atoms with Crippen molar-refractivity contribution in [3.05, 3.63) is 26.5 Å². The number of hydrogen-bond donors (Lipinski definition) is 0. The number of rotatable bonds is 1. The molecular formula is C10H6BrCl2NO. The largest absolute Gasteiger partial charge is 0.439 e. The number of oxazole rings is 1. The third-order valence-electron chi connectivity index (χ3n) is 2.46. The number of hydrogen-bond acceptors (Lipinski definition) is 2. The zero-order valence-corrected chi connectivity index (χ0v) is 10.7. The number of benzene rings is 1. The first kappa shape index (κ1) is 9.94. The molecule has 1 aliphatic carbocycles. The van der Waals surface area contributed by atoms with Crippen LogP contribution in [0.4, 0.5) is 0 Å². The highest BCUT2D eigenvalue weighted by Crippen LogP contribution is 2.43. The summed E-state index contributed by atoms with van der Waals surface area (Å²) in [5.74, 6) is 1.24. The lowest BCUT2D eigenvalue weighted by Gasteiger charge is -1.96. The Bertz CT molecular complexity index is 548. The Morgan fingerprint density at radius 3 is 2.73 bits per heavy atom. The first-order valence-corrected chi connectivity index (χ1v) is 6.15. The number of nitrogens with zero attached hydrogens (tertiary/aromatic N) is 1. The van der Waals surface area contributed by atoms with Crippen LogP contribution in [0.25, 0.3) is 11.1 Å². The van der Waals surface area contributed by atoms with E-state index in [1.165, 1.54) is 0 Å². The molecule has 3 rings (SSSR count). The van der Waals surface area contributed by atoms with E-state index in [0.717, 1.165) is 23.2 Å². The maximum absolute atomic E-state index is 6.04. The lowest BCUT2D eigenvalue weighted by atomic mass is 10.3. The molecule has 5 heteroatoms. The molecule has 0 amide bonds. The molecule has 0 N–H and O–H groups in total. The van der Waals surface area contributed by atoms with Crippen molar-refractivity contribution in [2.75, 3.05) is 0 Å². The van der Waals surface area contributed by atoms with Crippen LogP contribution in [0.2, 0.25) is 10.0 Å². The molecule has 1 heterocycles. The summed E-state index contributed by atoms with van der Waals surface area (Å²) in [6, 6.07) is 1.68. The highest BCUT2D eigenvalue weighted by atomic mass is 79.9. The van der Waals surface area contributed by atoms with Crippen LogP contribution >= 0.6 is 39.1 Å². The van der Waals surface area contributed by atoms with E-state index in [2.05, 4.69) is 20.9 Å². The lowest BCUT2D eigenvalue weighted by molar-refractivity contribution is 0.532. The van der Waals surface area contributed by atoms with E-state index < -0.39 is 0 Å². The summed E-state index contributed by atoms with van der Waals surface area (Å²) in [5, 5.41) is 1.08. The van der Waals surface area contributed by atoms with Crippen molar-refractivity contribution >= 4 is 50.2 Å². The van der Waals surface area contributed by atoms with E-state index in [-0.39, 0.29) is 0 Å². The molecule has 15 heavy (non-hydrogen) atoms. The number of fused-ring (bicyclic) bond motifs is 1. The van der Waals surface area contributed by atoms with Crippen molar-refractivity contribution in [3.63, 3.8) is 0 Å². The van der Waals surface area contributed by atoms with Crippen molar-refractivity contribution in [2.45, 2.75) is 18.8 Å². The minimum atomic E-state index is 0.471. The van der Waals surface area contributed by atoms with E-state index in [9.17, 15) is 0 Å². The molecule has 2 aromatic rings. The van der Waals surface area contributed by atoms with Gasteiger partial charge in [-0.25, -0.2) is 4.98 Å². The Balaban J connectivity index is 2.32. The fourth-order valence-electron chi connectivity index (χ4n) is 1.50. The van der Waals surface area contributed by atoms with Gasteiger partial charge in [0.05, 0.1) is 14.5 Å². The maximum Gasteiger partial charge on any atom is 0.198 e. The lowest BCUT2D eigenvalue weighted by Crippen LogP contribution is -1.77. The molecule has 1 saturated carbocycles. The van der Waals surface area contributed by atoms with Crippen LogP contribution in [0.1, 0.15) is 24.7 Å². The Morgan fingerprint density at radius 2 is 2.07 bits per heavy atom. The van der Waals surface area contributed by atoms with Crippen LogP contribution in [0.3, 0.4) is 0 Å². The molecule has 0 atom stereocenters. The molecule has 0 bridgehead atoms. The highest BCUT2D eigenvalue weighted by molar-refractivity contribution is 9.10. The molecular weight excluding hydrogens is 301 g/mol. The third kappa shape index (κ3) is 1.57. The Kier molecular flexibility index (Phi) is 2.23. The number of aromatic nitrogens is 1. The monoisotopic (exact) mass is 305 g/mol. The van der Waals surface area contributed by atoms with Gasteiger partial charge in [0.25, 0.3) is 0 Å². The molecule has 1 aromatic heterocycles. The van der Waals surface area contributed by atoms with Crippen molar-refractivity contribution in [1.82, 2.24) is 4.98 Å². The topological polar surface area (TPSA) is 26.0 Å². The van der Waals surface area contributed by atoms with E-state index in [1.54, 1.807) is 6.07 Å². The second kappa shape index (κ2) is 3.37. The Labute approximate surface area is 105 Å². The van der Waals surface area contributed by atoms with Crippen LogP contribution in [-0.4, -0.2) is 4.98 Å². The van der Waals surface area contributed by atoms with Gasteiger partial charge in [-0.3, -0.25) is 0 Å². The van der Waals surface area contributed by atoms with Crippen LogP contribution in [0.15, 0.2) is 15.0 Å². The van der Waals surface area contributed by atoms with Crippen LogP contribution < -0.4 is 0 Å². The average Bonchev–Trinajstić information content (AvgIpc) is 2.94. The van der Waals surface area contributed by atoms with Crippen molar-refractivity contribution < 1.29 is 4.42 Å². The predicted octanol–water partition coefficient (Wildman–Crippen LogP) is 4.77. The van der Waals surface area contributed by atoms with E-state index in [4.69, 9.17) is 27.6 Å². The van der Waals surface area contributed by atoms with Gasteiger partial charge < -0.3 is 4.42 Å². The SMILES string of the molecule is Clc1cc(Cl)c2nc(C3CC3)oc2c1Br.